The summed E-state index contributed by atoms with van der Waals surface area (Å²) in [5.74, 6) is 1.42. The molecule has 3 rings (SSSR count). The minimum atomic E-state index is -3.20. The Bertz CT molecular complexity index is 927. The maximum absolute atomic E-state index is 11.6. The fourth-order valence-corrected chi connectivity index (χ4v) is 3.71. The molecule has 0 amide bonds. The van der Waals surface area contributed by atoms with Crippen LogP contribution in [-0.2, 0) is 9.84 Å². The van der Waals surface area contributed by atoms with E-state index in [1.807, 2.05) is 37.3 Å². The van der Waals surface area contributed by atoms with Gasteiger partial charge in [-0.25, -0.2) is 8.42 Å². The molecule has 0 saturated carbocycles. The molecule has 1 unspecified atom stereocenters. The molecule has 8 heteroatoms. The highest BCUT2D eigenvalue weighted by molar-refractivity contribution is 7.90. The lowest BCUT2D eigenvalue weighted by Crippen LogP contribution is -2.32. The fraction of sp³-hybridized carbons (Fsp3) is 0.316. The van der Waals surface area contributed by atoms with Crippen molar-refractivity contribution in [2.45, 2.75) is 24.3 Å². The van der Waals surface area contributed by atoms with E-state index in [2.05, 4.69) is 10.6 Å². The molecular formula is C19H22N2O4S2. The third-order valence-electron chi connectivity index (χ3n) is 4.22. The number of benzene rings is 2. The van der Waals surface area contributed by atoms with Crippen molar-refractivity contribution in [2.24, 2.45) is 0 Å². The highest BCUT2D eigenvalue weighted by atomic mass is 32.2. The molecule has 0 fully saturated rings. The van der Waals surface area contributed by atoms with E-state index in [0.29, 0.717) is 29.0 Å². The minimum Gasteiger partial charge on any atom is -0.486 e. The summed E-state index contributed by atoms with van der Waals surface area (Å²) in [4.78, 5) is 0.304. The third kappa shape index (κ3) is 4.90. The van der Waals surface area contributed by atoms with Crippen molar-refractivity contribution >= 4 is 32.9 Å². The van der Waals surface area contributed by atoms with E-state index in [1.54, 1.807) is 12.1 Å². The average Bonchev–Trinajstić information content (AvgIpc) is 2.65. The van der Waals surface area contributed by atoms with Crippen LogP contribution in [0.3, 0.4) is 0 Å². The maximum Gasteiger partial charge on any atom is 0.175 e. The molecule has 0 saturated heterocycles. The first-order chi connectivity index (χ1) is 12.9. The van der Waals surface area contributed by atoms with Crippen LogP contribution in [-0.4, -0.2) is 33.0 Å². The van der Waals surface area contributed by atoms with Crippen molar-refractivity contribution < 1.29 is 17.9 Å². The third-order valence-corrected chi connectivity index (χ3v) is 5.57. The number of sulfone groups is 1. The topological polar surface area (TPSA) is 76.7 Å². The number of ether oxygens (including phenoxy) is 2. The Hall–Kier alpha value is -2.32. The molecule has 1 aliphatic rings. The van der Waals surface area contributed by atoms with Crippen LogP contribution >= 0.6 is 12.2 Å². The molecule has 2 aromatic rings. The summed E-state index contributed by atoms with van der Waals surface area (Å²) in [6.07, 6.45) is 1.99. The molecule has 6 nitrogen and oxygen atoms in total. The molecule has 1 heterocycles. The van der Waals surface area contributed by atoms with Gasteiger partial charge in [0, 0.05) is 18.0 Å². The van der Waals surface area contributed by atoms with Gasteiger partial charge in [-0.05, 0) is 48.5 Å². The van der Waals surface area contributed by atoms with E-state index in [0.717, 1.165) is 23.4 Å². The monoisotopic (exact) mass is 406 g/mol. The van der Waals surface area contributed by atoms with Crippen LogP contribution in [0, 0.1) is 0 Å². The summed E-state index contributed by atoms with van der Waals surface area (Å²) in [5, 5.41) is 6.90. The van der Waals surface area contributed by atoms with Crippen molar-refractivity contribution in [3.8, 4) is 11.5 Å². The average molecular weight is 407 g/mol. The summed E-state index contributed by atoms with van der Waals surface area (Å²) >= 11 is 5.43. The first kappa shape index (κ1) is 19.4. The number of thiocarbonyl (C=S) groups is 1. The number of anilines is 1. The molecule has 144 valence electrons. The van der Waals surface area contributed by atoms with Crippen LogP contribution in [0.25, 0.3) is 0 Å². The maximum atomic E-state index is 11.6. The van der Waals surface area contributed by atoms with Crippen molar-refractivity contribution in [3.63, 3.8) is 0 Å². The number of hydrogen-bond acceptors (Lipinski definition) is 5. The van der Waals surface area contributed by atoms with Gasteiger partial charge in [-0.2, -0.15) is 0 Å². The highest BCUT2D eigenvalue weighted by Gasteiger charge is 2.15. The fourth-order valence-electron chi connectivity index (χ4n) is 2.81. The van der Waals surface area contributed by atoms with Crippen molar-refractivity contribution in [2.75, 3.05) is 24.8 Å². The molecule has 0 aromatic heterocycles. The number of rotatable bonds is 5. The van der Waals surface area contributed by atoms with Crippen LogP contribution in [0.1, 0.15) is 24.9 Å². The number of hydrogen-bond donors (Lipinski definition) is 2. The lowest BCUT2D eigenvalue weighted by atomic mass is 10.1. The molecule has 1 atom stereocenters. The summed E-state index contributed by atoms with van der Waals surface area (Å²) < 4.78 is 34.3. The van der Waals surface area contributed by atoms with Gasteiger partial charge >= 0.3 is 0 Å². The standard InChI is InChI=1S/C19H22N2O4S2/c1-3-16(13-4-7-15(8-5-13)27(2,22)23)21-19(26)20-14-6-9-17-18(12-14)25-11-10-24-17/h4-9,12,16H,3,10-11H2,1-2H3,(H2,20,21,26). The zero-order valence-electron chi connectivity index (χ0n) is 15.2. The van der Waals surface area contributed by atoms with Crippen molar-refractivity contribution in [3.05, 3.63) is 48.0 Å². The Balaban J connectivity index is 1.66. The van der Waals surface area contributed by atoms with E-state index in [9.17, 15) is 8.42 Å². The zero-order valence-corrected chi connectivity index (χ0v) is 16.8. The molecule has 0 aliphatic carbocycles. The van der Waals surface area contributed by atoms with E-state index >= 15 is 0 Å². The van der Waals surface area contributed by atoms with Gasteiger partial charge in [-0.15, -0.1) is 0 Å². The van der Waals surface area contributed by atoms with Crippen LogP contribution in [0.15, 0.2) is 47.4 Å². The van der Waals surface area contributed by atoms with Crippen LogP contribution < -0.4 is 20.1 Å². The second-order valence-corrected chi connectivity index (χ2v) is 8.68. The van der Waals surface area contributed by atoms with Gasteiger partial charge in [0.05, 0.1) is 10.9 Å². The zero-order chi connectivity index (χ0) is 19.4. The Morgan fingerprint density at radius 1 is 1.11 bits per heavy atom. The summed E-state index contributed by atoms with van der Waals surface area (Å²) in [6, 6.07) is 12.4. The number of nitrogens with one attached hydrogen (secondary N) is 2. The Morgan fingerprint density at radius 2 is 1.78 bits per heavy atom. The lowest BCUT2D eigenvalue weighted by Gasteiger charge is -2.22. The van der Waals surface area contributed by atoms with Crippen LogP contribution in [0.4, 0.5) is 5.69 Å². The van der Waals surface area contributed by atoms with Crippen LogP contribution in [0.5, 0.6) is 11.5 Å². The molecular weight excluding hydrogens is 384 g/mol. The second-order valence-electron chi connectivity index (χ2n) is 6.26. The minimum absolute atomic E-state index is 0.0316. The first-order valence-electron chi connectivity index (χ1n) is 8.64. The van der Waals surface area contributed by atoms with E-state index in [4.69, 9.17) is 21.7 Å². The van der Waals surface area contributed by atoms with Gasteiger partial charge in [0.15, 0.2) is 26.4 Å². The number of fused-ring (bicyclic) bond motifs is 1. The van der Waals surface area contributed by atoms with Crippen molar-refractivity contribution in [1.82, 2.24) is 5.32 Å². The molecule has 2 aromatic carbocycles. The predicted octanol–water partition coefficient (Wildman–Crippen LogP) is 3.30. The van der Waals surface area contributed by atoms with Gasteiger partial charge in [-0.3, -0.25) is 0 Å². The van der Waals surface area contributed by atoms with Gasteiger partial charge in [-0.1, -0.05) is 19.1 Å². The van der Waals surface area contributed by atoms with E-state index < -0.39 is 9.84 Å². The quantitative estimate of drug-likeness (QED) is 0.738. The largest absolute Gasteiger partial charge is 0.486 e. The summed E-state index contributed by atoms with van der Waals surface area (Å²) in [6.45, 7) is 3.12. The molecule has 0 spiro atoms. The second kappa shape index (κ2) is 8.14. The highest BCUT2D eigenvalue weighted by Crippen LogP contribution is 2.32. The summed E-state index contributed by atoms with van der Waals surface area (Å²) in [5.41, 5.74) is 1.77. The summed E-state index contributed by atoms with van der Waals surface area (Å²) in [7, 11) is -3.20. The van der Waals surface area contributed by atoms with E-state index in [-0.39, 0.29) is 6.04 Å². The molecule has 2 N–H and O–H groups in total. The van der Waals surface area contributed by atoms with E-state index in [1.165, 1.54) is 6.26 Å². The molecule has 0 radical (unpaired) electrons. The van der Waals surface area contributed by atoms with Crippen molar-refractivity contribution in [1.29, 1.82) is 0 Å². The molecule has 0 bridgehead atoms. The van der Waals surface area contributed by atoms with Crippen LogP contribution in [0.2, 0.25) is 0 Å². The predicted molar refractivity (Wildman–Crippen MR) is 109 cm³/mol. The lowest BCUT2D eigenvalue weighted by molar-refractivity contribution is 0.171. The SMILES string of the molecule is CCC(NC(=S)Nc1ccc2c(c1)OCCO2)c1ccc(S(C)(=O)=O)cc1. The molecule has 1 aliphatic heterocycles. The molecule has 27 heavy (non-hydrogen) atoms. The normalized spacial score (nSPS) is 14.3. The van der Waals surface area contributed by atoms with Gasteiger partial charge in [0.1, 0.15) is 13.2 Å². The first-order valence-corrected chi connectivity index (χ1v) is 10.9. The van der Waals surface area contributed by atoms with Gasteiger partial charge in [0.25, 0.3) is 0 Å². The van der Waals surface area contributed by atoms with Gasteiger partial charge < -0.3 is 20.1 Å². The van der Waals surface area contributed by atoms with Gasteiger partial charge in [0.2, 0.25) is 0 Å². The Labute approximate surface area is 164 Å². The Kier molecular flexibility index (Phi) is 5.86. The Morgan fingerprint density at radius 3 is 2.41 bits per heavy atom. The smallest absolute Gasteiger partial charge is 0.175 e.